The van der Waals surface area contributed by atoms with Gasteiger partial charge in [-0.25, -0.2) is 4.39 Å². The molecule has 0 radical (unpaired) electrons. The van der Waals surface area contributed by atoms with E-state index >= 15 is 0 Å². The Morgan fingerprint density at radius 2 is 1.64 bits per heavy atom. The van der Waals surface area contributed by atoms with E-state index in [1.807, 2.05) is 27.3 Å². The second kappa shape index (κ2) is 15.8. The molecule has 2 aromatic rings. The molecule has 1 aromatic carbocycles. The summed E-state index contributed by atoms with van der Waals surface area (Å²) in [6, 6.07) is 10.3. The van der Waals surface area contributed by atoms with Crippen molar-refractivity contribution in [2.75, 3.05) is 39.3 Å². The van der Waals surface area contributed by atoms with E-state index in [4.69, 9.17) is 0 Å². The molecule has 0 N–H and O–H groups in total. The van der Waals surface area contributed by atoms with Gasteiger partial charge in [-0.2, -0.15) is 0 Å². The van der Waals surface area contributed by atoms with Crippen molar-refractivity contribution in [3.8, 4) is 0 Å². The van der Waals surface area contributed by atoms with Crippen LogP contribution in [0.5, 0.6) is 0 Å². The first-order valence-corrected chi connectivity index (χ1v) is 14.5. The van der Waals surface area contributed by atoms with Gasteiger partial charge in [-0.3, -0.25) is 14.5 Å². The summed E-state index contributed by atoms with van der Waals surface area (Å²) in [7, 11) is 0. The first-order chi connectivity index (χ1) is 17.5. The van der Waals surface area contributed by atoms with Gasteiger partial charge in [-0.1, -0.05) is 63.6 Å². The summed E-state index contributed by atoms with van der Waals surface area (Å²) >= 11 is 1.59. The maximum absolute atomic E-state index is 13.3. The third-order valence-electron chi connectivity index (χ3n) is 6.95. The fourth-order valence-corrected chi connectivity index (χ4v) is 5.35. The maximum atomic E-state index is 13.3. The van der Waals surface area contributed by atoms with Crippen molar-refractivity contribution in [2.45, 2.75) is 71.3 Å². The average molecular weight is 516 g/mol. The van der Waals surface area contributed by atoms with E-state index in [0.717, 1.165) is 56.0 Å². The fourth-order valence-electron chi connectivity index (χ4n) is 4.65. The summed E-state index contributed by atoms with van der Waals surface area (Å²) in [5, 5.41) is 1.99. The van der Waals surface area contributed by atoms with Crippen LogP contribution in [0.2, 0.25) is 0 Å². The van der Waals surface area contributed by atoms with E-state index in [0.29, 0.717) is 25.9 Å². The van der Waals surface area contributed by atoms with Crippen LogP contribution >= 0.6 is 11.3 Å². The van der Waals surface area contributed by atoms with Crippen LogP contribution in [0.4, 0.5) is 4.39 Å². The molecule has 36 heavy (non-hydrogen) atoms. The van der Waals surface area contributed by atoms with E-state index in [9.17, 15) is 14.0 Å². The molecule has 198 valence electrons. The standard InChI is InChI=1S/C29H42FN3O2S/c1-2-3-4-5-6-7-8-11-28(34)32-19-16-31(17-20-32)18-21-33(24-25-12-14-26(30)15-13-25)29(35)23-27-10-9-22-36-27/h9-10,12-15,22H,2-8,11,16-21,23-24H2,1H3. The predicted octanol–water partition coefficient (Wildman–Crippen LogP) is 5.74. The van der Waals surface area contributed by atoms with Gasteiger partial charge in [0.2, 0.25) is 11.8 Å². The summed E-state index contributed by atoms with van der Waals surface area (Å²) < 4.78 is 13.3. The van der Waals surface area contributed by atoms with Crippen LogP contribution in [-0.2, 0) is 22.6 Å². The smallest absolute Gasteiger partial charge is 0.228 e. The molecule has 0 unspecified atom stereocenters. The molecule has 2 amide bonds. The van der Waals surface area contributed by atoms with Gasteiger partial charge in [-0.15, -0.1) is 11.3 Å². The summed E-state index contributed by atoms with van der Waals surface area (Å²) in [6.45, 7) is 7.30. The molecule has 0 aliphatic carbocycles. The molecule has 0 saturated carbocycles. The quantitative estimate of drug-likeness (QED) is 0.284. The molecule has 1 saturated heterocycles. The lowest BCUT2D eigenvalue weighted by molar-refractivity contribution is -0.133. The maximum Gasteiger partial charge on any atom is 0.228 e. The van der Waals surface area contributed by atoms with Crippen LogP contribution in [0.3, 0.4) is 0 Å². The second-order valence-corrected chi connectivity index (χ2v) is 10.8. The first kappa shape index (κ1) is 28.3. The number of hydrogen-bond donors (Lipinski definition) is 0. The Labute approximate surface area is 220 Å². The zero-order valence-corrected chi connectivity index (χ0v) is 22.6. The number of thiophene rings is 1. The normalized spacial score (nSPS) is 14.2. The van der Waals surface area contributed by atoms with E-state index in [1.165, 1.54) is 44.2 Å². The first-order valence-electron chi connectivity index (χ1n) is 13.6. The van der Waals surface area contributed by atoms with Gasteiger partial charge >= 0.3 is 0 Å². The van der Waals surface area contributed by atoms with Crippen molar-refractivity contribution in [1.82, 2.24) is 14.7 Å². The molecule has 5 nitrogen and oxygen atoms in total. The van der Waals surface area contributed by atoms with E-state index < -0.39 is 0 Å². The van der Waals surface area contributed by atoms with Crippen LogP contribution in [-0.4, -0.2) is 65.8 Å². The highest BCUT2D eigenvalue weighted by atomic mass is 32.1. The number of unbranched alkanes of at least 4 members (excludes halogenated alkanes) is 6. The third kappa shape index (κ3) is 10.0. The van der Waals surface area contributed by atoms with Crippen molar-refractivity contribution in [1.29, 1.82) is 0 Å². The van der Waals surface area contributed by atoms with Gasteiger partial charge < -0.3 is 9.80 Å². The van der Waals surface area contributed by atoms with Crippen LogP contribution in [0.1, 0.15) is 68.7 Å². The van der Waals surface area contributed by atoms with Gasteiger partial charge in [0.25, 0.3) is 0 Å². The lowest BCUT2D eigenvalue weighted by Crippen LogP contribution is -2.50. The highest BCUT2D eigenvalue weighted by molar-refractivity contribution is 7.10. The number of carbonyl (C=O) groups excluding carboxylic acids is 2. The fraction of sp³-hybridized carbons (Fsp3) is 0.586. The zero-order valence-electron chi connectivity index (χ0n) is 21.8. The Balaban J connectivity index is 1.41. The number of piperazine rings is 1. The lowest BCUT2D eigenvalue weighted by Gasteiger charge is -2.36. The van der Waals surface area contributed by atoms with E-state index in [2.05, 4.69) is 11.8 Å². The Bertz CT molecular complexity index is 896. The van der Waals surface area contributed by atoms with Crippen LogP contribution in [0.15, 0.2) is 41.8 Å². The topological polar surface area (TPSA) is 43.9 Å². The van der Waals surface area contributed by atoms with Gasteiger partial charge in [-0.05, 0) is 35.6 Å². The minimum absolute atomic E-state index is 0.0882. The average Bonchev–Trinajstić information content (AvgIpc) is 3.40. The zero-order chi connectivity index (χ0) is 25.6. The number of benzene rings is 1. The molecule has 7 heteroatoms. The second-order valence-electron chi connectivity index (χ2n) is 9.79. The SMILES string of the molecule is CCCCCCCCCC(=O)N1CCN(CCN(Cc2ccc(F)cc2)C(=O)Cc2cccs2)CC1. The predicted molar refractivity (Wildman–Crippen MR) is 145 cm³/mol. The highest BCUT2D eigenvalue weighted by Crippen LogP contribution is 2.15. The summed E-state index contributed by atoms with van der Waals surface area (Å²) in [6.07, 6.45) is 9.62. The Hall–Kier alpha value is -2.25. The number of nitrogens with zero attached hydrogens (tertiary/aromatic N) is 3. The molecule has 0 bridgehead atoms. The molecule has 1 aliphatic rings. The van der Waals surface area contributed by atoms with Crippen LogP contribution in [0, 0.1) is 5.82 Å². The minimum Gasteiger partial charge on any atom is -0.340 e. The van der Waals surface area contributed by atoms with Crippen molar-refractivity contribution in [3.05, 3.63) is 58.0 Å². The molecule has 2 heterocycles. The van der Waals surface area contributed by atoms with Gasteiger partial charge in [0.05, 0.1) is 6.42 Å². The van der Waals surface area contributed by atoms with Crippen molar-refractivity contribution < 1.29 is 14.0 Å². The van der Waals surface area contributed by atoms with Gasteiger partial charge in [0.15, 0.2) is 0 Å². The summed E-state index contributed by atoms with van der Waals surface area (Å²) in [4.78, 5) is 33.0. The van der Waals surface area contributed by atoms with E-state index in [1.54, 1.807) is 23.5 Å². The molecular weight excluding hydrogens is 473 g/mol. The minimum atomic E-state index is -0.269. The van der Waals surface area contributed by atoms with Crippen LogP contribution < -0.4 is 0 Å². The molecule has 1 aliphatic heterocycles. The van der Waals surface area contributed by atoms with Crippen molar-refractivity contribution in [2.24, 2.45) is 0 Å². The number of hydrogen-bond acceptors (Lipinski definition) is 4. The monoisotopic (exact) mass is 515 g/mol. The highest BCUT2D eigenvalue weighted by Gasteiger charge is 2.22. The van der Waals surface area contributed by atoms with Crippen molar-refractivity contribution in [3.63, 3.8) is 0 Å². The Kier molecular flexibility index (Phi) is 12.4. The summed E-state index contributed by atoms with van der Waals surface area (Å²) in [5.41, 5.74) is 0.928. The number of rotatable bonds is 15. The number of halogens is 1. The third-order valence-corrected chi connectivity index (χ3v) is 7.83. The molecule has 1 aromatic heterocycles. The molecular formula is C29H42FN3O2S. The molecule has 1 fully saturated rings. The van der Waals surface area contributed by atoms with Gasteiger partial charge in [0, 0.05) is 57.1 Å². The Morgan fingerprint density at radius 1 is 0.944 bits per heavy atom. The number of carbonyl (C=O) groups is 2. The summed E-state index contributed by atoms with van der Waals surface area (Å²) in [5.74, 6) is 0.104. The van der Waals surface area contributed by atoms with Gasteiger partial charge in [0.1, 0.15) is 5.82 Å². The molecule has 3 rings (SSSR count). The largest absolute Gasteiger partial charge is 0.340 e. The molecule has 0 atom stereocenters. The van der Waals surface area contributed by atoms with Crippen molar-refractivity contribution >= 4 is 23.2 Å². The van der Waals surface area contributed by atoms with Crippen LogP contribution in [0.25, 0.3) is 0 Å². The lowest BCUT2D eigenvalue weighted by atomic mass is 10.1. The Morgan fingerprint density at radius 3 is 2.31 bits per heavy atom. The molecule has 0 spiro atoms. The number of amides is 2. The van der Waals surface area contributed by atoms with E-state index in [-0.39, 0.29) is 17.6 Å².